The van der Waals surface area contributed by atoms with E-state index < -0.39 is 11.9 Å². The van der Waals surface area contributed by atoms with E-state index in [1.165, 1.54) is 6.07 Å². The molecule has 3 heterocycles. The van der Waals surface area contributed by atoms with E-state index >= 15 is 0 Å². The van der Waals surface area contributed by atoms with Gasteiger partial charge in [-0.15, -0.1) is 0 Å². The van der Waals surface area contributed by atoms with Gasteiger partial charge in [0.2, 0.25) is 11.9 Å². The molecule has 0 bridgehead atoms. The second kappa shape index (κ2) is 9.18. The molecule has 8 nitrogen and oxygen atoms in total. The molecule has 0 aliphatic carbocycles. The molecule has 3 aromatic heterocycles. The van der Waals surface area contributed by atoms with Crippen LogP contribution in [0.3, 0.4) is 0 Å². The summed E-state index contributed by atoms with van der Waals surface area (Å²) in [6.45, 7) is 2.24. The quantitative estimate of drug-likeness (QED) is 0.529. The average Bonchev–Trinajstić information content (AvgIpc) is 2.67. The van der Waals surface area contributed by atoms with Gasteiger partial charge in [-0.3, -0.25) is 4.98 Å². The van der Waals surface area contributed by atoms with Crippen molar-refractivity contribution in [3.05, 3.63) is 47.4 Å². The molecule has 2 N–H and O–H groups in total. The molecular weight excluding hydrogens is 423 g/mol. The molecule has 3 rings (SSSR count). The molecule has 12 heteroatoms. The van der Waals surface area contributed by atoms with Gasteiger partial charge in [0.05, 0.1) is 6.61 Å². The first-order chi connectivity index (χ1) is 14.2. The number of ether oxygens (including phenoxy) is 1. The monoisotopic (exact) mass is 439 g/mol. The van der Waals surface area contributed by atoms with Crippen LogP contribution in [0.25, 0.3) is 11.5 Å². The van der Waals surface area contributed by atoms with Crippen LogP contribution in [0.15, 0.2) is 36.5 Å². The third kappa shape index (κ3) is 5.74. The van der Waals surface area contributed by atoms with Crippen LogP contribution in [0.2, 0.25) is 5.15 Å². The smallest absolute Gasteiger partial charge is 0.383 e. The number of pyridine rings is 2. The lowest BCUT2D eigenvalue weighted by Crippen LogP contribution is -2.23. The Morgan fingerprint density at radius 1 is 1.10 bits per heavy atom. The van der Waals surface area contributed by atoms with Gasteiger partial charge in [0.1, 0.15) is 16.5 Å². The molecule has 0 fully saturated rings. The Hall–Kier alpha value is -3.05. The van der Waals surface area contributed by atoms with E-state index in [9.17, 15) is 13.2 Å². The molecule has 158 valence electrons. The fourth-order valence-corrected chi connectivity index (χ4v) is 2.61. The third-order valence-electron chi connectivity index (χ3n) is 3.68. The van der Waals surface area contributed by atoms with Crippen molar-refractivity contribution in [1.82, 2.24) is 24.9 Å². The second-order valence-electron chi connectivity index (χ2n) is 6.21. The van der Waals surface area contributed by atoms with Crippen molar-refractivity contribution in [2.45, 2.75) is 19.1 Å². The van der Waals surface area contributed by atoms with Gasteiger partial charge in [-0.05, 0) is 31.2 Å². The summed E-state index contributed by atoms with van der Waals surface area (Å²) in [7, 11) is 1.56. The zero-order chi connectivity index (χ0) is 21.7. The molecule has 3 aromatic rings. The summed E-state index contributed by atoms with van der Waals surface area (Å²) in [6.07, 6.45) is -3.53. The maximum absolute atomic E-state index is 12.9. The lowest BCUT2D eigenvalue weighted by molar-refractivity contribution is -0.141. The Balaban J connectivity index is 1.97. The van der Waals surface area contributed by atoms with E-state index in [-0.39, 0.29) is 34.6 Å². The molecule has 30 heavy (non-hydrogen) atoms. The van der Waals surface area contributed by atoms with Gasteiger partial charge in [0.25, 0.3) is 0 Å². The number of hydrogen-bond donors (Lipinski definition) is 2. The summed E-state index contributed by atoms with van der Waals surface area (Å²) in [4.78, 5) is 20.3. The molecule has 0 saturated carbocycles. The minimum absolute atomic E-state index is 0.0215. The van der Waals surface area contributed by atoms with E-state index in [1.54, 1.807) is 25.3 Å². The lowest BCUT2D eigenvalue weighted by Gasteiger charge is -2.15. The van der Waals surface area contributed by atoms with Crippen molar-refractivity contribution in [3.63, 3.8) is 0 Å². The normalized spacial score (nSPS) is 12.5. The summed E-state index contributed by atoms with van der Waals surface area (Å²) in [6, 6.07) is 7.03. The summed E-state index contributed by atoms with van der Waals surface area (Å²) < 4.78 is 43.9. The summed E-state index contributed by atoms with van der Waals surface area (Å²) in [5.74, 6) is 0.402. The number of aromatic nitrogens is 5. The van der Waals surface area contributed by atoms with E-state index in [1.807, 2.05) is 6.92 Å². The van der Waals surface area contributed by atoms with Crippen LogP contribution in [-0.4, -0.2) is 44.7 Å². The predicted molar refractivity (Wildman–Crippen MR) is 106 cm³/mol. The number of methoxy groups -OCH3 is 1. The summed E-state index contributed by atoms with van der Waals surface area (Å²) >= 11 is 5.95. The predicted octanol–water partition coefficient (Wildman–Crippen LogP) is 4.19. The van der Waals surface area contributed by atoms with Crippen molar-refractivity contribution < 1.29 is 17.9 Å². The van der Waals surface area contributed by atoms with E-state index in [0.717, 1.165) is 12.3 Å². The number of rotatable bonds is 7. The number of halogens is 4. The van der Waals surface area contributed by atoms with E-state index in [0.29, 0.717) is 12.3 Å². The maximum atomic E-state index is 12.9. The first kappa shape index (κ1) is 21.7. The minimum atomic E-state index is -4.57. The van der Waals surface area contributed by atoms with Crippen LogP contribution in [0.5, 0.6) is 0 Å². The van der Waals surface area contributed by atoms with Crippen LogP contribution >= 0.6 is 11.6 Å². The van der Waals surface area contributed by atoms with Crippen molar-refractivity contribution in [3.8, 4) is 11.5 Å². The molecule has 0 spiro atoms. The third-order valence-corrected chi connectivity index (χ3v) is 3.89. The van der Waals surface area contributed by atoms with Crippen LogP contribution in [-0.2, 0) is 10.9 Å². The highest BCUT2D eigenvalue weighted by Gasteiger charge is 2.32. The number of alkyl halides is 3. The van der Waals surface area contributed by atoms with Crippen LogP contribution in [0.1, 0.15) is 12.6 Å². The van der Waals surface area contributed by atoms with Gasteiger partial charge in [0.15, 0.2) is 5.82 Å². The Morgan fingerprint density at radius 2 is 1.87 bits per heavy atom. The summed E-state index contributed by atoms with van der Waals surface area (Å²) in [5.41, 5.74) is -0.545. The van der Waals surface area contributed by atoms with Crippen LogP contribution < -0.4 is 10.6 Å². The summed E-state index contributed by atoms with van der Waals surface area (Å²) in [5, 5.41) is 6.05. The molecule has 0 amide bonds. The van der Waals surface area contributed by atoms with Crippen LogP contribution in [0.4, 0.5) is 30.8 Å². The molecule has 1 unspecified atom stereocenters. The zero-order valence-corrected chi connectivity index (χ0v) is 16.7. The molecule has 0 aromatic carbocycles. The van der Waals surface area contributed by atoms with Gasteiger partial charge < -0.3 is 15.4 Å². The van der Waals surface area contributed by atoms with Gasteiger partial charge in [-0.1, -0.05) is 17.7 Å². The Bertz CT molecular complexity index is 1020. The highest BCUT2D eigenvalue weighted by atomic mass is 35.5. The number of nitrogens with zero attached hydrogens (tertiary/aromatic N) is 5. The Morgan fingerprint density at radius 3 is 2.57 bits per heavy atom. The topological polar surface area (TPSA) is 97.7 Å². The average molecular weight is 440 g/mol. The molecule has 0 aliphatic heterocycles. The van der Waals surface area contributed by atoms with Crippen molar-refractivity contribution in [1.29, 1.82) is 0 Å². The maximum Gasteiger partial charge on any atom is 0.433 e. The van der Waals surface area contributed by atoms with Crippen LogP contribution in [0, 0.1) is 0 Å². The molecule has 0 radical (unpaired) electrons. The SMILES string of the molecule is COCC(C)Nc1nc(Nc2ccnc(C(F)(F)F)c2)nc(-c2cccc(Cl)n2)n1. The molecule has 0 aliphatic rings. The highest BCUT2D eigenvalue weighted by molar-refractivity contribution is 6.29. The fourth-order valence-electron chi connectivity index (χ4n) is 2.45. The standard InChI is InChI=1S/C18H17ClF3N7O/c1-10(9-30-2)24-16-27-15(12-4-3-5-14(19)26-12)28-17(29-16)25-11-6-7-23-13(8-11)18(20,21)22/h3-8,10H,9H2,1-2H3,(H2,23,24,25,27,28,29). The van der Waals surface area contributed by atoms with Crippen molar-refractivity contribution in [2.24, 2.45) is 0 Å². The zero-order valence-electron chi connectivity index (χ0n) is 15.9. The fraction of sp³-hybridized carbons (Fsp3) is 0.278. The molecular formula is C18H17ClF3N7O. The van der Waals surface area contributed by atoms with Crippen molar-refractivity contribution in [2.75, 3.05) is 24.4 Å². The molecule has 1 atom stereocenters. The van der Waals surface area contributed by atoms with Crippen molar-refractivity contribution >= 4 is 29.2 Å². The minimum Gasteiger partial charge on any atom is -0.383 e. The van der Waals surface area contributed by atoms with Gasteiger partial charge >= 0.3 is 6.18 Å². The number of anilines is 3. The first-order valence-electron chi connectivity index (χ1n) is 8.69. The van der Waals surface area contributed by atoms with Gasteiger partial charge in [-0.2, -0.15) is 28.1 Å². The van der Waals surface area contributed by atoms with Gasteiger partial charge in [-0.25, -0.2) is 4.98 Å². The second-order valence-corrected chi connectivity index (χ2v) is 6.59. The van der Waals surface area contributed by atoms with E-state index in [4.69, 9.17) is 16.3 Å². The molecule has 0 saturated heterocycles. The number of nitrogens with one attached hydrogen (secondary N) is 2. The first-order valence-corrected chi connectivity index (χ1v) is 9.07. The Kier molecular flexibility index (Phi) is 6.63. The number of hydrogen-bond acceptors (Lipinski definition) is 8. The largest absolute Gasteiger partial charge is 0.433 e. The lowest BCUT2D eigenvalue weighted by atomic mass is 10.3. The highest BCUT2D eigenvalue weighted by Crippen LogP contribution is 2.29. The van der Waals surface area contributed by atoms with E-state index in [2.05, 4.69) is 35.6 Å². The Labute approximate surface area is 174 Å². The van der Waals surface area contributed by atoms with Gasteiger partial charge in [0, 0.05) is 25.0 Å².